The first-order chi connectivity index (χ1) is 7.97. The minimum Gasteiger partial charge on any atom is -0.276 e. The average molecular weight is 292 g/mol. The number of aromatic nitrogens is 2. The van der Waals surface area contributed by atoms with E-state index in [1.54, 1.807) is 30.1 Å². The highest BCUT2D eigenvalue weighted by molar-refractivity contribution is 7.91. The predicted octanol–water partition coefficient (Wildman–Crippen LogP) is 1.61. The highest BCUT2D eigenvalue weighted by Crippen LogP contribution is 2.25. The summed E-state index contributed by atoms with van der Waals surface area (Å²) in [6, 6.07) is 4.79. The molecule has 0 saturated heterocycles. The van der Waals surface area contributed by atoms with E-state index in [4.69, 9.17) is 11.6 Å². The van der Waals surface area contributed by atoms with Crippen molar-refractivity contribution in [3.05, 3.63) is 34.4 Å². The van der Waals surface area contributed by atoms with Crippen molar-refractivity contribution in [3.63, 3.8) is 0 Å². The van der Waals surface area contributed by atoms with Gasteiger partial charge in [-0.15, -0.1) is 11.3 Å². The largest absolute Gasteiger partial charge is 0.276 e. The maximum absolute atomic E-state index is 11.8. The van der Waals surface area contributed by atoms with E-state index in [0.29, 0.717) is 10.0 Å². The minimum atomic E-state index is -3.49. The summed E-state index contributed by atoms with van der Waals surface area (Å²) < 4.78 is 28.4. The molecule has 2 rings (SSSR count). The lowest BCUT2D eigenvalue weighted by atomic mass is 10.4. The molecule has 2 aromatic heterocycles. The Morgan fingerprint density at radius 3 is 2.76 bits per heavy atom. The molecule has 0 spiro atoms. The van der Waals surface area contributed by atoms with E-state index in [0.717, 1.165) is 11.3 Å². The molecule has 92 valence electrons. The van der Waals surface area contributed by atoms with Gasteiger partial charge < -0.3 is 0 Å². The molecular weight excluding hydrogens is 282 g/mol. The van der Waals surface area contributed by atoms with Crippen LogP contribution in [0.2, 0.25) is 4.34 Å². The zero-order chi connectivity index (χ0) is 12.5. The Morgan fingerprint density at radius 1 is 1.47 bits per heavy atom. The number of halogens is 1. The molecule has 0 fully saturated rings. The number of sulfonamides is 1. The summed E-state index contributed by atoms with van der Waals surface area (Å²) >= 11 is 6.72. The molecule has 8 heteroatoms. The topological polar surface area (TPSA) is 64.0 Å². The monoisotopic (exact) mass is 291 g/mol. The SMILES string of the molecule is Cn1ccc(CNS(=O)(=O)c2ccc(Cl)s2)n1. The molecule has 0 amide bonds. The van der Waals surface area contributed by atoms with Crippen LogP contribution in [-0.2, 0) is 23.6 Å². The van der Waals surface area contributed by atoms with Crippen LogP contribution in [0.15, 0.2) is 28.6 Å². The fourth-order valence-electron chi connectivity index (χ4n) is 1.24. The zero-order valence-electron chi connectivity index (χ0n) is 8.92. The smallest absolute Gasteiger partial charge is 0.250 e. The van der Waals surface area contributed by atoms with Gasteiger partial charge in [-0.05, 0) is 18.2 Å². The molecule has 0 aliphatic carbocycles. The maximum Gasteiger partial charge on any atom is 0.250 e. The number of aryl methyl sites for hydroxylation is 1. The molecule has 0 unspecified atom stereocenters. The van der Waals surface area contributed by atoms with Crippen molar-refractivity contribution in [2.24, 2.45) is 7.05 Å². The molecule has 2 aromatic rings. The van der Waals surface area contributed by atoms with Crippen LogP contribution in [0.5, 0.6) is 0 Å². The number of hydrogen-bond acceptors (Lipinski definition) is 4. The van der Waals surface area contributed by atoms with Crippen LogP contribution in [0, 0.1) is 0 Å². The predicted molar refractivity (Wildman–Crippen MR) is 66.6 cm³/mol. The molecule has 0 aliphatic rings. The van der Waals surface area contributed by atoms with Crippen LogP contribution >= 0.6 is 22.9 Å². The fourth-order valence-corrected chi connectivity index (χ4v) is 3.77. The Hall–Kier alpha value is -0.890. The first-order valence-corrected chi connectivity index (χ1v) is 7.39. The fraction of sp³-hybridized carbons (Fsp3) is 0.222. The number of thiophene rings is 1. The van der Waals surface area contributed by atoms with Crippen molar-refractivity contribution in [2.45, 2.75) is 10.8 Å². The average Bonchev–Trinajstić information content (AvgIpc) is 2.85. The van der Waals surface area contributed by atoms with Gasteiger partial charge in [-0.1, -0.05) is 11.6 Å². The van der Waals surface area contributed by atoms with Crippen molar-refractivity contribution >= 4 is 33.0 Å². The van der Waals surface area contributed by atoms with Gasteiger partial charge in [-0.25, -0.2) is 13.1 Å². The molecule has 0 radical (unpaired) electrons. The molecule has 1 N–H and O–H groups in total. The number of nitrogens with one attached hydrogen (secondary N) is 1. The van der Waals surface area contributed by atoms with Crippen LogP contribution in [-0.4, -0.2) is 18.2 Å². The highest BCUT2D eigenvalue weighted by atomic mass is 35.5. The quantitative estimate of drug-likeness (QED) is 0.931. The van der Waals surface area contributed by atoms with E-state index in [1.165, 1.54) is 6.07 Å². The summed E-state index contributed by atoms with van der Waals surface area (Å²) in [4.78, 5) is 0. The van der Waals surface area contributed by atoms with Crippen LogP contribution in [0.1, 0.15) is 5.69 Å². The van der Waals surface area contributed by atoms with Crippen LogP contribution in [0.4, 0.5) is 0 Å². The summed E-state index contributed by atoms with van der Waals surface area (Å²) in [5, 5.41) is 4.08. The van der Waals surface area contributed by atoms with E-state index in [2.05, 4.69) is 9.82 Å². The van der Waals surface area contributed by atoms with Crippen LogP contribution < -0.4 is 4.72 Å². The number of hydrogen-bond donors (Lipinski definition) is 1. The van der Waals surface area contributed by atoms with E-state index in [1.807, 2.05) is 0 Å². The van der Waals surface area contributed by atoms with E-state index < -0.39 is 10.0 Å². The van der Waals surface area contributed by atoms with Crippen LogP contribution in [0.3, 0.4) is 0 Å². The van der Waals surface area contributed by atoms with Crippen molar-refractivity contribution in [3.8, 4) is 0 Å². The third kappa shape index (κ3) is 3.06. The summed E-state index contributed by atoms with van der Waals surface area (Å²) in [7, 11) is -1.72. The van der Waals surface area contributed by atoms with E-state index in [-0.39, 0.29) is 10.8 Å². The minimum absolute atomic E-state index is 0.165. The molecule has 0 aromatic carbocycles. The van der Waals surface area contributed by atoms with Gasteiger partial charge in [0.2, 0.25) is 10.0 Å². The summed E-state index contributed by atoms with van der Waals surface area (Å²) in [6.07, 6.45) is 1.76. The number of rotatable bonds is 4. The number of nitrogens with zero attached hydrogens (tertiary/aromatic N) is 2. The standard InChI is InChI=1S/C9H10ClN3O2S2/c1-13-5-4-7(12-13)6-11-17(14,15)9-3-2-8(10)16-9/h2-5,11H,6H2,1H3. The maximum atomic E-state index is 11.8. The van der Waals surface area contributed by atoms with Gasteiger partial charge in [0.25, 0.3) is 0 Å². The van der Waals surface area contributed by atoms with Gasteiger partial charge in [0.05, 0.1) is 16.6 Å². The Kier molecular flexibility index (Phi) is 3.53. The van der Waals surface area contributed by atoms with Gasteiger partial charge in [0.15, 0.2) is 0 Å². The zero-order valence-corrected chi connectivity index (χ0v) is 11.3. The molecule has 0 bridgehead atoms. The Bertz CT molecular complexity index is 618. The van der Waals surface area contributed by atoms with Gasteiger partial charge in [0, 0.05) is 13.2 Å². The van der Waals surface area contributed by atoms with Gasteiger partial charge in [-0.3, -0.25) is 4.68 Å². The van der Waals surface area contributed by atoms with Crippen molar-refractivity contribution in [2.75, 3.05) is 0 Å². The third-order valence-electron chi connectivity index (χ3n) is 2.03. The Balaban J connectivity index is 2.08. The molecule has 0 atom stereocenters. The van der Waals surface area contributed by atoms with Crippen LogP contribution in [0.25, 0.3) is 0 Å². The van der Waals surface area contributed by atoms with E-state index in [9.17, 15) is 8.42 Å². The molecule has 17 heavy (non-hydrogen) atoms. The Labute approximate surface area is 108 Å². The third-order valence-corrected chi connectivity index (χ3v) is 5.15. The normalized spacial score (nSPS) is 11.9. The van der Waals surface area contributed by atoms with Crippen molar-refractivity contribution in [1.29, 1.82) is 0 Å². The van der Waals surface area contributed by atoms with Gasteiger partial charge in [-0.2, -0.15) is 5.10 Å². The molecule has 5 nitrogen and oxygen atoms in total. The molecule has 2 heterocycles. The lowest BCUT2D eigenvalue weighted by Crippen LogP contribution is -2.22. The second kappa shape index (κ2) is 4.77. The summed E-state index contributed by atoms with van der Waals surface area (Å²) in [5.74, 6) is 0. The van der Waals surface area contributed by atoms with Gasteiger partial charge >= 0.3 is 0 Å². The van der Waals surface area contributed by atoms with Crippen molar-refractivity contribution in [1.82, 2.24) is 14.5 Å². The first-order valence-electron chi connectivity index (χ1n) is 4.71. The summed E-state index contributed by atoms with van der Waals surface area (Å²) in [6.45, 7) is 0.165. The van der Waals surface area contributed by atoms with E-state index >= 15 is 0 Å². The molecule has 0 aliphatic heterocycles. The summed E-state index contributed by atoms with van der Waals surface area (Å²) in [5.41, 5.74) is 0.665. The van der Waals surface area contributed by atoms with Crippen molar-refractivity contribution < 1.29 is 8.42 Å². The Morgan fingerprint density at radius 2 is 2.24 bits per heavy atom. The lowest BCUT2D eigenvalue weighted by Gasteiger charge is -2.01. The van der Waals surface area contributed by atoms with Gasteiger partial charge in [0.1, 0.15) is 4.21 Å². The molecule has 0 saturated carbocycles. The molecular formula is C9H10ClN3O2S2. The highest BCUT2D eigenvalue weighted by Gasteiger charge is 2.16. The second-order valence-corrected chi connectivity index (χ2v) is 7.07. The lowest BCUT2D eigenvalue weighted by molar-refractivity contribution is 0.581. The first kappa shape index (κ1) is 12.6. The second-order valence-electron chi connectivity index (χ2n) is 3.36.